The Morgan fingerprint density at radius 2 is 1.81 bits per heavy atom. The van der Waals surface area contributed by atoms with Crippen molar-refractivity contribution in [1.29, 1.82) is 0 Å². The number of carbonyl (C=O) groups excluding carboxylic acids is 1. The van der Waals surface area contributed by atoms with Crippen LogP contribution in [0.5, 0.6) is 5.75 Å². The first kappa shape index (κ1) is 17.0. The average molecular weight is 295 g/mol. The molecule has 0 bridgehead atoms. The Morgan fingerprint density at radius 3 is 2.29 bits per heavy atom. The summed E-state index contributed by atoms with van der Waals surface area (Å²) in [5.74, 6) is -1.03. The Bertz CT molecular complexity index is 469. The second-order valence-corrected chi connectivity index (χ2v) is 4.90. The molecular formula is C15H21NO5. The Balaban J connectivity index is 2.64. The summed E-state index contributed by atoms with van der Waals surface area (Å²) in [6.45, 7) is 4.39. The molecular weight excluding hydrogens is 274 g/mol. The molecule has 1 rings (SSSR count). The Hall–Kier alpha value is -2.08. The Labute approximate surface area is 124 Å². The van der Waals surface area contributed by atoms with Gasteiger partial charge in [0.15, 0.2) is 0 Å². The number of carboxylic acid groups (broad SMARTS) is 1. The zero-order chi connectivity index (χ0) is 15.8. The molecule has 0 fully saturated rings. The summed E-state index contributed by atoms with van der Waals surface area (Å²) in [6.07, 6.45) is 0. The third-order valence-corrected chi connectivity index (χ3v) is 2.89. The molecule has 0 aromatic heterocycles. The highest BCUT2D eigenvalue weighted by Crippen LogP contribution is 2.13. The summed E-state index contributed by atoms with van der Waals surface area (Å²) >= 11 is 0. The highest BCUT2D eigenvalue weighted by atomic mass is 16.5. The van der Waals surface area contributed by atoms with Crippen LogP contribution in [0.4, 0.5) is 0 Å². The molecule has 0 radical (unpaired) electrons. The first-order chi connectivity index (χ1) is 9.95. The van der Waals surface area contributed by atoms with Gasteiger partial charge >= 0.3 is 5.97 Å². The minimum atomic E-state index is -1.04. The van der Waals surface area contributed by atoms with Crippen molar-refractivity contribution in [3.8, 4) is 5.75 Å². The summed E-state index contributed by atoms with van der Waals surface area (Å²) in [6, 6.07) is 5.61. The van der Waals surface area contributed by atoms with E-state index in [1.165, 1.54) is 0 Å². The van der Waals surface area contributed by atoms with Crippen molar-refractivity contribution in [2.24, 2.45) is 5.92 Å². The topological polar surface area (TPSA) is 84.9 Å². The van der Waals surface area contributed by atoms with Gasteiger partial charge < -0.3 is 19.9 Å². The van der Waals surface area contributed by atoms with Crippen molar-refractivity contribution in [1.82, 2.24) is 5.32 Å². The van der Waals surface area contributed by atoms with Gasteiger partial charge in [-0.25, -0.2) is 4.79 Å². The molecule has 0 aliphatic carbocycles. The van der Waals surface area contributed by atoms with E-state index in [1.54, 1.807) is 45.2 Å². The second-order valence-electron chi connectivity index (χ2n) is 4.90. The van der Waals surface area contributed by atoms with E-state index >= 15 is 0 Å². The van der Waals surface area contributed by atoms with Crippen molar-refractivity contribution in [3.05, 3.63) is 29.8 Å². The number of amides is 1. The maximum Gasteiger partial charge on any atom is 0.326 e. The number of aliphatic carboxylic acids is 1. The van der Waals surface area contributed by atoms with Crippen LogP contribution >= 0.6 is 0 Å². The lowest BCUT2D eigenvalue weighted by Gasteiger charge is -2.17. The maximum atomic E-state index is 12.0. The molecule has 1 aromatic carbocycles. The number of carbonyl (C=O) groups is 2. The molecule has 6 nitrogen and oxygen atoms in total. The normalized spacial score (nSPS) is 12.0. The molecule has 6 heteroatoms. The fourth-order valence-electron chi connectivity index (χ4n) is 1.68. The molecule has 0 saturated heterocycles. The molecule has 0 heterocycles. The zero-order valence-corrected chi connectivity index (χ0v) is 12.5. The first-order valence-electron chi connectivity index (χ1n) is 6.71. The van der Waals surface area contributed by atoms with Crippen LogP contribution in [0.25, 0.3) is 0 Å². The minimum absolute atomic E-state index is 0.192. The molecule has 1 amide bonds. The summed E-state index contributed by atoms with van der Waals surface area (Å²) in [4.78, 5) is 23.1. The van der Waals surface area contributed by atoms with Gasteiger partial charge in [-0.2, -0.15) is 0 Å². The van der Waals surface area contributed by atoms with Crippen LogP contribution in [0.1, 0.15) is 24.2 Å². The largest absolute Gasteiger partial charge is 0.491 e. The number of carboxylic acids is 1. The van der Waals surface area contributed by atoms with Crippen LogP contribution < -0.4 is 10.1 Å². The van der Waals surface area contributed by atoms with Crippen LogP contribution in [0.15, 0.2) is 24.3 Å². The average Bonchev–Trinajstić information content (AvgIpc) is 2.44. The number of methoxy groups -OCH3 is 1. The quantitative estimate of drug-likeness (QED) is 0.711. The van der Waals surface area contributed by atoms with Crippen LogP contribution in [-0.2, 0) is 9.53 Å². The van der Waals surface area contributed by atoms with E-state index in [1.807, 2.05) is 0 Å². The van der Waals surface area contributed by atoms with Gasteiger partial charge in [-0.3, -0.25) is 4.79 Å². The number of hydrogen-bond donors (Lipinski definition) is 2. The molecule has 116 valence electrons. The van der Waals surface area contributed by atoms with Crippen LogP contribution in [0.2, 0.25) is 0 Å². The Kier molecular flexibility index (Phi) is 6.68. The second kappa shape index (κ2) is 8.26. The van der Waals surface area contributed by atoms with Crippen molar-refractivity contribution >= 4 is 11.9 Å². The van der Waals surface area contributed by atoms with Crippen LogP contribution in [0, 0.1) is 5.92 Å². The van der Waals surface area contributed by atoms with Crippen molar-refractivity contribution in [2.45, 2.75) is 19.9 Å². The molecule has 0 saturated carbocycles. The molecule has 1 atom stereocenters. The van der Waals surface area contributed by atoms with E-state index in [2.05, 4.69) is 5.32 Å². The molecule has 1 aromatic rings. The van der Waals surface area contributed by atoms with Gasteiger partial charge in [0, 0.05) is 12.7 Å². The van der Waals surface area contributed by atoms with E-state index in [4.69, 9.17) is 14.6 Å². The van der Waals surface area contributed by atoms with Gasteiger partial charge in [0.1, 0.15) is 18.4 Å². The van der Waals surface area contributed by atoms with E-state index in [0.29, 0.717) is 24.5 Å². The molecule has 0 aliphatic rings. The lowest BCUT2D eigenvalue weighted by Crippen LogP contribution is -2.44. The standard InChI is InChI=1S/C15H21NO5/c1-10(2)13(15(18)19)16-14(17)11-4-6-12(7-5-11)21-9-8-20-3/h4-7,10,13H,8-9H2,1-3H3,(H,16,17)(H,18,19)/t13-/m0/s1. The summed E-state index contributed by atoms with van der Waals surface area (Å²) in [5, 5.41) is 11.6. The zero-order valence-electron chi connectivity index (χ0n) is 12.5. The van der Waals surface area contributed by atoms with E-state index in [0.717, 1.165) is 0 Å². The molecule has 0 aliphatic heterocycles. The summed E-state index contributed by atoms with van der Waals surface area (Å²) < 4.78 is 10.3. The van der Waals surface area contributed by atoms with Gasteiger partial charge in [-0.05, 0) is 30.2 Å². The van der Waals surface area contributed by atoms with Crippen LogP contribution in [0.3, 0.4) is 0 Å². The third kappa shape index (κ3) is 5.43. The smallest absolute Gasteiger partial charge is 0.326 e. The number of benzene rings is 1. The van der Waals surface area contributed by atoms with E-state index in [-0.39, 0.29) is 5.92 Å². The number of rotatable bonds is 8. The lowest BCUT2D eigenvalue weighted by molar-refractivity contribution is -0.140. The summed E-state index contributed by atoms with van der Waals surface area (Å²) in [5.41, 5.74) is 0.390. The van der Waals surface area contributed by atoms with E-state index < -0.39 is 17.9 Å². The predicted molar refractivity (Wildman–Crippen MR) is 77.5 cm³/mol. The fourth-order valence-corrected chi connectivity index (χ4v) is 1.68. The predicted octanol–water partition coefficient (Wildman–Crippen LogP) is 1.55. The van der Waals surface area contributed by atoms with Crippen molar-refractivity contribution < 1.29 is 24.2 Å². The molecule has 2 N–H and O–H groups in total. The highest BCUT2D eigenvalue weighted by Gasteiger charge is 2.23. The highest BCUT2D eigenvalue weighted by molar-refractivity contribution is 5.96. The van der Waals surface area contributed by atoms with Gasteiger partial charge in [0.25, 0.3) is 5.91 Å². The number of hydrogen-bond acceptors (Lipinski definition) is 4. The van der Waals surface area contributed by atoms with Crippen molar-refractivity contribution in [2.75, 3.05) is 20.3 Å². The van der Waals surface area contributed by atoms with Crippen molar-refractivity contribution in [3.63, 3.8) is 0 Å². The molecule has 21 heavy (non-hydrogen) atoms. The maximum absolute atomic E-state index is 12.0. The lowest BCUT2D eigenvalue weighted by atomic mass is 10.0. The molecule has 0 spiro atoms. The SMILES string of the molecule is COCCOc1ccc(C(=O)N[C@H](C(=O)O)C(C)C)cc1. The van der Waals surface area contributed by atoms with E-state index in [9.17, 15) is 9.59 Å². The van der Waals surface area contributed by atoms with Gasteiger partial charge in [-0.1, -0.05) is 13.8 Å². The number of nitrogens with one attached hydrogen (secondary N) is 1. The summed E-state index contributed by atoms with van der Waals surface area (Å²) in [7, 11) is 1.59. The van der Waals surface area contributed by atoms with Crippen LogP contribution in [-0.4, -0.2) is 43.3 Å². The molecule has 0 unspecified atom stereocenters. The number of ether oxygens (including phenoxy) is 2. The Morgan fingerprint density at radius 1 is 1.19 bits per heavy atom. The van der Waals surface area contributed by atoms with Gasteiger partial charge in [0.2, 0.25) is 0 Å². The third-order valence-electron chi connectivity index (χ3n) is 2.89. The fraction of sp³-hybridized carbons (Fsp3) is 0.467. The first-order valence-corrected chi connectivity index (χ1v) is 6.71. The minimum Gasteiger partial charge on any atom is -0.491 e. The van der Waals surface area contributed by atoms with Gasteiger partial charge in [0.05, 0.1) is 6.61 Å². The monoisotopic (exact) mass is 295 g/mol. The van der Waals surface area contributed by atoms with Gasteiger partial charge in [-0.15, -0.1) is 0 Å².